The van der Waals surface area contributed by atoms with E-state index in [1.165, 1.54) is 0 Å². The fourth-order valence-electron chi connectivity index (χ4n) is 2.48. The molecule has 2 aromatic rings. The van der Waals surface area contributed by atoms with E-state index in [1.807, 2.05) is 32.0 Å². The Balaban J connectivity index is 1.63. The van der Waals surface area contributed by atoms with Crippen LogP contribution in [0.1, 0.15) is 26.7 Å². The number of carbonyl (C=O) groups is 1. The number of ether oxygens (including phenoxy) is 2. The molecule has 1 aromatic carbocycles. The number of fused-ring (bicyclic) bond motifs is 1. The van der Waals surface area contributed by atoms with Gasteiger partial charge in [-0.05, 0) is 37.1 Å². The highest BCUT2D eigenvalue weighted by Gasteiger charge is 2.15. The topological polar surface area (TPSA) is 85.4 Å². The minimum atomic E-state index is -0.0224. The van der Waals surface area contributed by atoms with Crippen molar-refractivity contribution in [3.05, 3.63) is 30.3 Å². The van der Waals surface area contributed by atoms with Gasteiger partial charge in [0.2, 0.25) is 12.7 Å². The van der Waals surface area contributed by atoms with Gasteiger partial charge in [-0.25, -0.2) is 0 Å². The minimum absolute atomic E-state index is 0.00163. The average Bonchev–Trinajstić information content (AvgIpc) is 3.05. The van der Waals surface area contributed by atoms with Crippen molar-refractivity contribution in [1.29, 1.82) is 0 Å². The second-order valence-electron chi connectivity index (χ2n) is 5.50. The van der Waals surface area contributed by atoms with Crippen LogP contribution in [0.2, 0.25) is 0 Å². The second kappa shape index (κ2) is 7.16. The van der Waals surface area contributed by atoms with Crippen molar-refractivity contribution < 1.29 is 14.3 Å². The molecule has 2 heterocycles. The minimum Gasteiger partial charge on any atom is -0.454 e. The van der Waals surface area contributed by atoms with Gasteiger partial charge in [-0.2, -0.15) is 0 Å². The van der Waals surface area contributed by atoms with E-state index in [2.05, 4.69) is 20.8 Å². The monoisotopic (exact) mass is 328 g/mol. The number of amides is 1. The number of rotatable bonds is 6. The van der Waals surface area contributed by atoms with Crippen molar-refractivity contribution in [1.82, 2.24) is 10.2 Å². The molecule has 2 N–H and O–H groups in total. The molecule has 24 heavy (non-hydrogen) atoms. The van der Waals surface area contributed by atoms with Crippen molar-refractivity contribution in [2.45, 2.75) is 26.7 Å². The fraction of sp³-hybridized carbons (Fsp3) is 0.353. The van der Waals surface area contributed by atoms with Crippen molar-refractivity contribution in [2.75, 3.05) is 17.4 Å². The number of hydrogen-bond donors (Lipinski definition) is 2. The molecule has 0 bridgehead atoms. The maximum absolute atomic E-state index is 12.0. The third kappa shape index (κ3) is 3.56. The summed E-state index contributed by atoms with van der Waals surface area (Å²) in [5.74, 6) is 2.43. The first kappa shape index (κ1) is 16.0. The van der Waals surface area contributed by atoms with Crippen LogP contribution in [-0.4, -0.2) is 22.9 Å². The van der Waals surface area contributed by atoms with Crippen LogP contribution in [0, 0.1) is 5.92 Å². The van der Waals surface area contributed by atoms with Gasteiger partial charge in [-0.3, -0.25) is 4.79 Å². The molecule has 7 heteroatoms. The van der Waals surface area contributed by atoms with Gasteiger partial charge >= 0.3 is 0 Å². The smallest absolute Gasteiger partial charge is 0.231 e. The first-order valence-electron chi connectivity index (χ1n) is 8.01. The molecule has 1 aliphatic rings. The zero-order valence-corrected chi connectivity index (χ0v) is 13.7. The maximum Gasteiger partial charge on any atom is 0.231 e. The molecule has 3 rings (SSSR count). The summed E-state index contributed by atoms with van der Waals surface area (Å²) in [7, 11) is 0. The molecule has 1 aliphatic heterocycles. The van der Waals surface area contributed by atoms with Crippen molar-refractivity contribution in [2.24, 2.45) is 5.92 Å². The highest BCUT2D eigenvalue weighted by Crippen LogP contribution is 2.34. The van der Waals surface area contributed by atoms with Crippen molar-refractivity contribution in [3.8, 4) is 11.5 Å². The maximum atomic E-state index is 12.0. The Morgan fingerprint density at radius 3 is 2.50 bits per heavy atom. The Labute approximate surface area is 140 Å². The van der Waals surface area contributed by atoms with E-state index in [0.29, 0.717) is 17.4 Å². The normalized spacial score (nSPS) is 12.3. The van der Waals surface area contributed by atoms with E-state index in [0.717, 1.165) is 24.3 Å². The van der Waals surface area contributed by atoms with Gasteiger partial charge in [0.1, 0.15) is 0 Å². The summed E-state index contributed by atoms with van der Waals surface area (Å²) in [6, 6.07) is 9.04. The number of aromatic nitrogens is 2. The van der Waals surface area contributed by atoms with E-state index in [1.54, 1.807) is 12.1 Å². The lowest BCUT2D eigenvalue weighted by molar-refractivity contribution is -0.120. The molecule has 0 atom stereocenters. The van der Waals surface area contributed by atoms with Gasteiger partial charge in [-0.1, -0.05) is 13.8 Å². The van der Waals surface area contributed by atoms with Crippen LogP contribution in [0.3, 0.4) is 0 Å². The summed E-state index contributed by atoms with van der Waals surface area (Å²) < 4.78 is 10.6. The largest absolute Gasteiger partial charge is 0.454 e. The molecule has 0 unspecified atom stereocenters. The lowest BCUT2D eigenvalue weighted by Crippen LogP contribution is -2.22. The molecule has 0 fully saturated rings. The summed E-state index contributed by atoms with van der Waals surface area (Å²) in [6.45, 7) is 4.24. The number of nitrogens with one attached hydrogen (secondary N) is 2. The van der Waals surface area contributed by atoms with E-state index in [-0.39, 0.29) is 18.6 Å². The molecular formula is C17H20N4O3. The molecule has 0 saturated heterocycles. The average molecular weight is 328 g/mol. The standard InChI is InChI=1S/C17H20N4O3/c1-3-11(4-2)17(22)19-16-8-7-15(20-21-16)18-12-5-6-13-14(9-12)24-10-23-13/h5-9,11H,3-4,10H2,1-2H3,(H,18,20)(H,19,21,22). The lowest BCUT2D eigenvalue weighted by Gasteiger charge is -2.12. The molecule has 0 spiro atoms. The number of benzene rings is 1. The molecule has 7 nitrogen and oxygen atoms in total. The summed E-state index contributed by atoms with van der Waals surface area (Å²) in [6.07, 6.45) is 1.61. The number of nitrogens with zero attached hydrogens (tertiary/aromatic N) is 2. The zero-order chi connectivity index (χ0) is 16.9. The van der Waals surface area contributed by atoms with Crippen molar-refractivity contribution >= 4 is 23.2 Å². The summed E-state index contributed by atoms with van der Waals surface area (Å²) >= 11 is 0. The van der Waals surface area contributed by atoms with Gasteiger partial charge in [0, 0.05) is 17.7 Å². The first-order valence-corrected chi connectivity index (χ1v) is 8.01. The van der Waals surface area contributed by atoms with Gasteiger partial charge in [0.15, 0.2) is 23.1 Å². The van der Waals surface area contributed by atoms with Gasteiger partial charge in [0.25, 0.3) is 0 Å². The van der Waals surface area contributed by atoms with Gasteiger partial charge in [-0.15, -0.1) is 10.2 Å². The van der Waals surface area contributed by atoms with E-state index in [4.69, 9.17) is 9.47 Å². The van der Waals surface area contributed by atoms with Crippen LogP contribution >= 0.6 is 0 Å². The summed E-state index contributed by atoms with van der Waals surface area (Å²) in [5, 5.41) is 14.1. The third-order valence-electron chi connectivity index (χ3n) is 3.92. The van der Waals surface area contributed by atoms with E-state index in [9.17, 15) is 4.79 Å². The van der Waals surface area contributed by atoms with Crippen LogP contribution < -0.4 is 20.1 Å². The summed E-state index contributed by atoms with van der Waals surface area (Å²) in [5.41, 5.74) is 0.822. The van der Waals surface area contributed by atoms with E-state index >= 15 is 0 Å². The fourth-order valence-corrected chi connectivity index (χ4v) is 2.48. The van der Waals surface area contributed by atoms with Crippen LogP contribution in [-0.2, 0) is 4.79 Å². The summed E-state index contributed by atoms with van der Waals surface area (Å²) in [4.78, 5) is 12.0. The Hall–Kier alpha value is -2.83. The molecule has 1 aromatic heterocycles. The molecule has 126 valence electrons. The molecule has 0 saturated carbocycles. The highest BCUT2D eigenvalue weighted by atomic mass is 16.7. The Morgan fingerprint density at radius 1 is 1.08 bits per heavy atom. The molecular weight excluding hydrogens is 308 g/mol. The Kier molecular flexibility index (Phi) is 4.79. The zero-order valence-electron chi connectivity index (χ0n) is 13.7. The molecule has 0 aliphatic carbocycles. The first-order chi connectivity index (χ1) is 11.7. The quantitative estimate of drug-likeness (QED) is 0.846. The second-order valence-corrected chi connectivity index (χ2v) is 5.50. The predicted octanol–water partition coefficient (Wildman–Crippen LogP) is 3.32. The predicted molar refractivity (Wildman–Crippen MR) is 90.6 cm³/mol. The van der Waals surface area contributed by atoms with Crippen molar-refractivity contribution in [3.63, 3.8) is 0 Å². The van der Waals surface area contributed by atoms with Crippen LogP contribution in [0.15, 0.2) is 30.3 Å². The highest BCUT2D eigenvalue weighted by molar-refractivity contribution is 5.91. The van der Waals surface area contributed by atoms with Crippen LogP contribution in [0.5, 0.6) is 11.5 Å². The van der Waals surface area contributed by atoms with Gasteiger partial charge in [0.05, 0.1) is 0 Å². The van der Waals surface area contributed by atoms with Gasteiger partial charge < -0.3 is 20.1 Å². The Bertz CT molecular complexity index is 714. The van der Waals surface area contributed by atoms with Crippen LogP contribution in [0.25, 0.3) is 0 Å². The molecule has 0 radical (unpaired) electrons. The number of carbonyl (C=O) groups excluding carboxylic acids is 1. The lowest BCUT2D eigenvalue weighted by atomic mass is 10.0. The number of anilines is 3. The van der Waals surface area contributed by atoms with E-state index < -0.39 is 0 Å². The van der Waals surface area contributed by atoms with Crippen LogP contribution in [0.4, 0.5) is 17.3 Å². The molecule has 1 amide bonds. The Morgan fingerprint density at radius 2 is 1.79 bits per heavy atom. The number of hydrogen-bond acceptors (Lipinski definition) is 6. The SMILES string of the molecule is CCC(CC)C(=O)Nc1ccc(Nc2ccc3c(c2)OCO3)nn1. The third-order valence-corrected chi connectivity index (χ3v) is 3.92.